The van der Waals surface area contributed by atoms with Crippen molar-refractivity contribution in [2.75, 3.05) is 6.61 Å². The number of nitrogens with one attached hydrogen (secondary N) is 2. The maximum atomic E-state index is 11.5. The Kier molecular flexibility index (Phi) is 3.88. The Morgan fingerprint density at radius 1 is 1.79 bits per heavy atom. The molecule has 0 aromatic carbocycles. The third-order valence-corrected chi connectivity index (χ3v) is 2.37. The van der Waals surface area contributed by atoms with E-state index < -0.39 is 6.04 Å². The monoisotopic (exact) mass is 200 g/mol. The summed E-state index contributed by atoms with van der Waals surface area (Å²) in [4.78, 5) is 22.3. The van der Waals surface area contributed by atoms with Gasteiger partial charge in [0.05, 0.1) is 12.6 Å². The molecule has 0 aromatic heterocycles. The highest BCUT2D eigenvalue weighted by Gasteiger charge is 2.27. The van der Waals surface area contributed by atoms with Crippen LogP contribution in [0.1, 0.15) is 26.2 Å². The van der Waals surface area contributed by atoms with E-state index in [-0.39, 0.29) is 24.5 Å². The predicted molar refractivity (Wildman–Crippen MR) is 50.5 cm³/mol. The number of carbonyl (C=O) groups is 2. The smallest absolute Gasteiger partial charge is 0.242 e. The van der Waals surface area contributed by atoms with Crippen molar-refractivity contribution >= 4 is 11.8 Å². The molecular formula is C9H16N2O3. The molecule has 0 bridgehead atoms. The second kappa shape index (κ2) is 4.95. The van der Waals surface area contributed by atoms with Crippen molar-refractivity contribution in [1.82, 2.24) is 10.6 Å². The molecule has 80 valence electrons. The normalized spacial score (nSPS) is 23.0. The van der Waals surface area contributed by atoms with Gasteiger partial charge < -0.3 is 15.7 Å². The summed E-state index contributed by atoms with van der Waals surface area (Å²) in [5.74, 6) is -0.279. The quantitative estimate of drug-likeness (QED) is 0.553. The zero-order valence-corrected chi connectivity index (χ0v) is 8.25. The molecule has 3 N–H and O–H groups in total. The Morgan fingerprint density at radius 3 is 2.93 bits per heavy atom. The van der Waals surface area contributed by atoms with Gasteiger partial charge in [-0.1, -0.05) is 6.92 Å². The fourth-order valence-corrected chi connectivity index (χ4v) is 1.39. The highest BCUT2D eigenvalue weighted by atomic mass is 16.3. The van der Waals surface area contributed by atoms with Crippen LogP contribution in [0.4, 0.5) is 0 Å². The number of carbonyl (C=O) groups excluding carboxylic acids is 2. The van der Waals surface area contributed by atoms with Crippen molar-refractivity contribution < 1.29 is 14.7 Å². The number of hydrogen-bond acceptors (Lipinski definition) is 3. The molecule has 1 heterocycles. The van der Waals surface area contributed by atoms with Crippen LogP contribution in [-0.2, 0) is 9.59 Å². The van der Waals surface area contributed by atoms with Gasteiger partial charge in [-0.3, -0.25) is 9.59 Å². The minimum atomic E-state index is -0.414. The van der Waals surface area contributed by atoms with Gasteiger partial charge >= 0.3 is 0 Å². The van der Waals surface area contributed by atoms with E-state index in [2.05, 4.69) is 10.6 Å². The van der Waals surface area contributed by atoms with Crippen molar-refractivity contribution in [3.05, 3.63) is 0 Å². The maximum absolute atomic E-state index is 11.5. The molecule has 1 unspecified atom stereocenters. The Morgan fingerprint density at radius 2 is 2.50 bits per heavy atom. The van der Waals surface area contributed by atoms with Crippen LogP contribution < -0.4 is 10.6 Å². The van der Waals surface area contributed by atoms with E-state index >= 15 is 0 Å². The lowest BCUT2D eigenvalue weighted by molar-refractivity contribution is -0.126. The molecular weight excluding hydrogens is 184 g/mol. The fraction of sp³-hybridized carbons (Fsp3) is 0.778. The summed E-state index contributed by atoms with van der Waals surface area (Å²) in [5.41, 5.74) is 0. The van der Waals surface area contributed by atoms with Crippen molar-refractivity contribution in [2.45, 2.75) is 38.3 Å². The van der Waals surface area contributed by atoms with Crippen LogP contribution in [-0.4, -0.2) is 35.6 Å². The third-order valence-electron chi connectivity index (χ3n) is 2.37. The summed E-state index contributed by atoms with van der Waals surface area (Å²) in [7, 11) is 0. The predicted octanol–water partition coefficient (Wildman–Crippen LogP) is -0.848. The summed E-state index contributed by atoms with van der Waals surface area (Å²) < 4.78 is 0. The van der Waals surface area contributed by atoms with E-state index in [9.17, 15) is 9.59 Å². The molecule has 1 saturated heterocycles. The minimum Gasteiger partial charge on any atom is -0.394 e. The van der Waals surface area contributed by atoms with Gasteiger partial charge in [0.2, 0.25) is 11.8 Å². The number of hydrogen-bond donors (Lipinski definition) is 3. The van der Waals surface area contributed by atoms with E-state index in [1.165, 1.54) is 0 Å². The Labute approximate surface area is 82.9 Å². The first-order chi connectivity index (χ1) is 6.67. The average molecular weight is 200 g/mol. The molecule has 1 fully saturated rings. The number of amides is 2. The Balaban J connectivity index is 2.38. The van der Waals surface area contributed by atoms with Crippen molar-refractivity contribution in [1.29, 1.82) is 0 Å². The van der Waals surface area contributed by atoms with Crippen molar-refractivity contribution in [2.24, 2.45) is 0 Å². The van der Waals surface area contributed by atoms with Crippen LogP contribution in [0.15, 0.2) is 0 Å². The summed E-state index contributed by atoms with van der Waals surface area (Å²) in [6.07, 6.45) is 1.64. The highest BCUT2D eigenvalue weighted by molar-refractivity contribution is 5.90. The Bertz CT molecular complexity index is 226. The first-order valence-electron chi connectivity index (χ1n) is 4.88. The molecule has 1 aliphatic heterocycles. The molecule has 0 aromatic rings. The SMILES string of the molecule is CCC(CO)NC(=O)[C@H]1CCC(=O)N1. The lowest BCUT2D eigenvalue weighted by atomic mass is 10.2. The van der Waals surface area contributed by atoms with E-state index in [0.29, 0.717) is 19.3 Å². The molecule has 2 atom stereocenters. The zero-order valence-electron chi connectivity index (χ0n) is 8.25. The first-order valence-corrected chi connectivity index (χ1v) is 4.88. The molecule has 0 radical (unpaired) electrons. The highest BCUT2D eigenvalue weighted by Crippen LogP contribution is 2.06. The largest absolute Gasteiger partial charge is 0.394 e. The zero-order chi connectivity index (χ0) is 10.6. The number of aliphatic hydroxyl groups is 1. The van der Waals surface area contributed by atoms with Gasteiger partial charge in [0.25, 0.3) is 0 Å². The molecule has 5 heteroatoms. The second-order valence-electron chi connectivity index (χ2n) is 3.46. The minimum absolute atomic E-state index is 0.0666. The van der Waals surface area contributed by atoms with Crippen LogP contribution in [0, 0.1) is 0 Å². The lowest BCUT2D eigenvalue weighted by Crippen LogP contribution is -2.46. The Hall–Kier alpha value is -1.10. The molecule has 5 nitrogen and oxygen atoms in total. The van der Waals surface area contributed by atoms with E-state index in [1.54, 1.807) is 0 Å². The maximum Gasteiger partial charge on any atom is 0.242 e. The van der Waals surface area contributed by atoms with Crippen LogP contribution in [0.3, 0.4) is 0 Å². The number of aliphatic hydroxyl groups excluding tert-OH is 1. The van der Waals surface area contributed by atoms with E-state index in [1.807, 2.05) is 6.92 Å². The molecule has 1 rings (SSSR count). The van der Waals surface area contributed by atoms with Gasteiger partial charge in [-0.2, -0.15) is 0 Å². The second-order valence-corrected chi connectivity index (χ2v) is 3.46. The summed E-state index contributed by atoms with van der Waals surface area (Å²) in [5, 5.41) is 14.1. The molecule has 0 aliphatic carbocycles. The van der Waals surface area contributed by atoms with Gasteiger partial charge in [-0.15, -0.1) is 0 Å². The average Bonchev–Trinajstić information content (AvgIpc) is 2.61. The topological polar surface area (TPSA) is 78.4 Å². The van der Waals surface area contributed by atoms with Gasteiger partial charge in [0.1, 0.15) is 6.04 Å². The van der Waals surface area contributed by atoms with Crippen molar-refractivity contribution in [3.63, 3.8) is 0 Å². The third kappa shape index (κ3) is 2.70. The first kappa shape index (κ1) is 11.0. The van der Waals surface area contributed by atoms with E-state index in [0.717, 1.165) is 0 Å². The van der Waals surface area contributed by atoms with Crippen LogP contribution >= 0.6 is 0 Å². The fourth-order valence-electron chi connectivity index (χ4n) is 1.39. The van der Waals surface area contributed by atoms with Crippen LogP contribution in [0.25, 0.3) is 0 Å². The van der Waals surface area contributed by atoms with Gasteiger partial charge in [-0.05, 0) is 12.8 Å². The van der Waals surface area contributed by atoms with Gasteiger partial charge in [0.15, 0.2) is 0 Å². The van der Waals surface area contributed by atoms with Crippen molar-refractivity contribution in [3.8, 4) is 0 Å². The van der Waals surface area contributed by atoms with Gasteiger partial charge in [0, 0.05) is 6.42 Å². The lowest BCUT2D eigenvalue weighted by Gasteiger charge is -2.17. The van der Waals surface area contributed by atoms with Crippen LogP contribution in [0.2, 0.25) is 0 Å². The van der Waals surface area contributed by atoms with Crippen LogP contribution in [0.5, 0.6) is 0 Å². The molecule has 0 saturated carbocycles. The molecule has 0 spiro atoms. The van der Waals surface area contributed by atoms with Gasteiger partial charge in [-0.25, -0.2) is 0 Å². The number of rotatable bonds is 4. The molecule has 14 heavy (non-hydrogen) atoms. The molecule has 1 aliphatic rings. The van der Waals surface area contributed by atoms with E-state index in [4.69, 9.17) is 5.11 Å². The summed E-state index contributed by atoms with van der Waals surface area (Å²) in [6, 6.07) is -0.622. The summed E-state index contributed by atoms with van der Waals surface area (Å²) >= 11 is 0. The summed E-state index contributed by atoms with van der Waals surface area (Å²) in [6.45, 7) is 1.82. The standard InChI is InChI=1S/C9H16N2O3/c1-2-6(5-12)10-9(14)7-3-4-8(13)11-7/h6-7,12H,2-5H2,1H3,(H,10,14)(H,11,13)/t6?,7-/m1/s1. The molecule has 2 amide bonds.